The zero-order valence-corrected chi connectivity index (χ0v) is 15.2. The predicted octanol–water partition coefficient (Wildman–Crippen LogP) is 3.81. The molecule has 0 radical (unpaired) electrons. The van der Waals surface area contributed by atoms with Gasteiger partial charge in [0.15, 0.2) is 17.2 Å². The van der Waals surface area contributed by atoms with Gasteiger partial charge in [0.05, 0.1) is 13.7 Å². The molecule has 1 heterocycles. The number of hydrogen-bond donors (Lipinski definition) is 0. The Morgan fingerprint density at radius 1 is 1.16 bits per heavy atom. The molecule has 0 saturated heterocycles. The van der Waals surface area contributed by atoms with Gasteiger partial charge in [0.2, 0.25) is 5.90 Å². The molecule has 0 aliphatic carbocycles. The highest BCUT2D eigenvalue weighted by atomic mass is 79.9. The monoisotopic (exact) mass is 401 g/mol. The molecule has 0 bridgehead atoms. The van der Waals surface area contributed by atoms with Crippen LogP contribution in [0.4, 0.5) is 0 Å². The van der Waals surface area contributed by atoms with E-state index in [1.54, 1.807) is 25.3 Å². The number of alkyl halides is 1. The van der Waals surface area contributed by atoms with E-state index in [-0.39, 0.29) is 5.70 Å². The van der Waals surface area contributed by atoms with Gasteiger partial charge in [-0.15, -0.1) is 0 Å². The van der Waals surface area contributed by atoms with Gasteiger partial charge >= 0.3 is 5.97 Å². The molecule has 1 aliphatic rings. The second-order valence-corrected chi connectivity index (χ2v) is 5.94. The fraction of sp³-hybridized carbons (Fsp3) is 0.158. The standard InChI is InChI=1S/C19H16BrNO4/c1-23-17-12-13(7-8-16(17)24-10-9-20)11-15-19(22)25-18(21-15)14-5-3-2-4-6-14/h2-8,11-12H,9-10H2,1H3/b15-11+. The summed E-state index contributed by atoms with van der Waals surface area (Å²) in [4.78, 5) is 16.3. The molecule has 6 heteroatoms. The molecule has 2 aromatic carbocycles. The van der Waals surface area contributed by atoms with Gasteiger partial charge in [-0.25, -0.2) is 9.79 Å². The second-order valence-electron chi connectivity index (χ2n) is 5.15. The van der Waals surface area contributed by atoms with Gasteiger partial charge in [-0.05, 0) is 35.9 Å². The Labute approximate surface area is 154 Å². The number of cyclic esters (lactones) is 1. The quantitative estimate of drug-likeness (QED) is 0.419. The van der Waals surface area contributed by atoms with E-state index in [1.165, 1.54) is 0 Å². The molecule has 0 N–H and O–H groups in total. The van der Waals surface area contributed by atoms with E-state index < -0.39 is 5.97 Å². The Morgan fingerprint density at radius 3 is 2.68 bits per heavy atom. The zero-order valence-electron chi connectivity index (χ0n) is 13.6. The Kier molecular flexibility index (Phi) is 5.50. The fourth-order valence-corrected chi connectivity index (χ4v) is 2.47. The minimum atomic E-state index is -0.475. The summed E-state index contributed by atoms with van der Waals surface area (Å²) in [5, 5.41) is 0.727. The molecule has 0 amide bonds. The number of rotatable bonds is 6. The molecule has 3 rings (SSSR count). The molecular formula is C19H16BrNO4. The number of esters is 1. The summed E-state index contributed by atoms with van der Waals surface area (Å²) in [6.07, 6.45) is 1.66. The lowest BCUT2D eigenvalue weighted by atomic mass is 10.1. The minimum Gasteiger partial charge on any atom is -0.493 e. The highest BCUT2D eigenvalue weighted by Gasteiger charge is 2.24. The first-order chi connectivity index (χ1) is 12.2. The molecule has 0 fully saturated rings. The van der Waals surface area contributed by atoms with Crippen LogP contribution in [0.2, 0.25) is 0 Å². The van der Waals surface area contributed by atoms with Crippen LogP contribution in [0.5, 0.6) is 11.5 Å². The summed E-state index contributed by atoms with van der Waals surface area (Å²) in [6, 6.07) is 14.7. The van der Waals surface area contributed by atoms with Crippen molar-refractivity contribution in [2.45, 2.75) is 0 Å². The third kappa shape index (κ3) is 4.09. The van der Waals surface area contributed by atoms with Crippen LogP contribution in [-0.2, 0) is 9.53 Å². The van der Waals surface area contributed by atoms with Gasteiger partial charge in [-0.3, -0.25) is 0 Å². The molecule has 2 aromatic rings. The summed E-state index contributed by atoms with van der Waals surface area (Å²) < 4.78 is 16.2. The van der Waals surface area contributed by atoms with E-state index in [1.807, 2.05) is 36.4 Å². The molecule has 0 atom stereocenters. The van der Waals surface area contributed by atoms with Crippen LogP contribution in [-0.4, -0.2) is 30.9 Å². The van der Waals surface area contributed by atoms with Crippen LogP contribution in [0, 0.1) is 0 Å². The Hall–Kier alpha value is -2.60. The highest BCUT2D eigenvalue weighted by molar-refractivity contribution is 9.09. The van der Waals surface area contributed by atoms with Gasteiger partial charge in [0, 0.05) is 10.9 Å². The lowest BCUT2D eigenvalue weighted by molar-refractivity contribution is -0.129. The van der Waals surface area contributed by atoms with E-state index in [2.05, 4.69) is 20.9 Å². The van der Waals surface area contributed by atoms with E-state index in [4.69, 9.17) is 14.2 Å². The maximum Gasteiger partial charge on any atom is 0.363 e. The van der Waals surface area contributed by atoms with Crippen molar-refractivity contribution >= 4 is 33.9 Å². The van der Waals surface area contributed by atoms with Gasteiger partial charge in [-0.1, -0.05) is 40.2 Å². The molecular weight excluding hydrogens is 386 g/mol. The molecule has 5 nitrogen and oxygen atoms in total. The first-order valence-electron chi connectivity index (χ1n) is 7.66. The topological polar surface area (TPSA) is 57.1 Å². The molecule has 0 unspecified atom stereocenters. The van der Waals surface area contributed by atoms with Crippen LogP contribution >= 0.6 is 15.9 Å². The normalized spacial score (nSPS) is 15.0. The number of carbonyl (C=O) groups is 1. The van der Waals surface area contributed by atoms with E-state index in [0.29, 0.717) is 24.0 Å². The maximum atomic E-state index is 12.1. The van der Waals surface area contributed by atoms with Crippen molar-refractivity contribution in [3.8, 4) is 11.5 Å². The number of ether oxygens (including phenoxy) is 3. The summed E-state index contributed by atoms with van der Waals surface area (Å²) in [5.41, 5.74) is 1.78. The molecule has 0 saturated carbocycles. The molecule has 1 aliphatic heterocycles. The number of methoxy groups -OCH3 is 1. The van der Waals surface area contributed by atoms with Crippen LogP contribution in [0.25, 0.3) is 6.08 Å². The van der Waals surface area contributed by atoms with E-state index in [9.17, 15) is 4.79 Å². The second kappa shape index (κ2) is 7.98. The van der Waals surface area contributed by atoms with E-state index >= 15 is 0 Å². The van der Waals surface area contributed by atoms with Gasteiger partial charge in [-0.2, -0.15) is 0 Å². The smallest absolute Gasteiger partial charge is 0.363 e. The predicted molar refractivity (Wildman–Crippen MR) is 99.3 cm³/mol. The number of hydrogen-bond acceptors (Lipinski definition) is 5. The summed E-state index contributed by atoms with van der Waals surface area (Å²) in [6.45, 7) is 0.536. The van der Waals surface area contributed by atoms with Crippen molar-refractivity contribution in [1.82, 2.24) is 0 Å². The van der Waals surface area contributed by atoms with Crippen LogP contribution < -0.4 is 9.47 Å². The number of carbonyl (C=O) groups excluding carboxylic acids is 1. The van der Waals surface area contributed by atoms with Gasteiger partial charge in [0.1, 0.15) is 0 Å². The summed E-state index contributed by atoms with van der Waals surface area (Å²) in [7, 11) is 1.57. The Morgan fingerprint density at radius 2 is 1.96 bits per heavy atom. The third-order valence-corrected chi connectivity index (χ3v) is 3.79. The highest BCUT2D eigenvalue weighted by Crippen LogP contribution is 2.29. The van der Waals surface area contributed by atoms with Crippen LogP contribution in [0.15, 0.2) is 59.2 Å². The molecule has 0 aromatic heterocycles. The SMILES string of the molecule is COc1cc(/C=C2/N=C(c3ccccc3)OC2=O)ccc1OCCBr. The first-order valence-corrected chi connectivity index (χ1v) is 8.78. The van der Waals surface area contributed by atoms with Gasteiger partial charge in [0.25, 0.3) is 0 Å². The number of halogens is 1. The maximum absolute atomic E-state index is 12.1. The van der Waals surface area contributed by atoms with Crippen molar-refractivity contribution in [2.24, 2.45) is 4.99 Å². The summed E-state index contributed by atoms with van der Waals surface area (Å²) >= 11 is 3.32. The molecule has 0 spiro atoms. The fourth-order valence-electron chi connectivity index (χ4n) is 2.31. The number of nitrogens with zero attached hydrogens (tertiary/aromatic N) is 1. The van der Waals surface area contributed by atoms with Crippen molar-refractivity contribution in [3.05, 3.63) is 65.4 Å². The average Bonchev–Trinajstić information content (AvgIpc) is 3.02. The Bertz CT molecular complexity index is 831. The van der Waals surface area contributed by atoms with Crippen LogP contribution in [0.3, 0.4) is 0 Å². The molecule has 128 valence electrons. The van der Waals surface area contributed by atoms with Crippen LogP contribution in [0.1, 0.15) is 11.1 Å². The number of aliphatic imine (C=N–C) groups is 1. The average molecular weight is 402 g/mol. The van der Waals surface area contributed by atoms with E-state index in [0.717, 1.165) is 16.5 Å². The Balaban J connectivity index is 1.87. The lowest BCUT2D eigenvalue weighted by Crippen LogP contribution is -2.05. The van der Waals surface area contributed by atoms with Crippen molar-refractivity contribution in [2.75, 3.05) is 19.0 Å². The first kappa shape index (κ1) is 17.2. The third-order valence-electron chi connectivity index (χ3n) is 3.47. The zero-order chi connectivity index (χ0) is 17.6. The minimum absolute atomic E-state index is 0.245. The largest absolute Gasteiger partial charge is 0.493 e. The van der Waals surface area contributed by atoms with Crippen molar-refractivity contribution < 1.29 is 19.0 Å². The lowest BCUT2D eigenvalue weighted by Gasteiger charge is -2.10. The van der Waals surface area contributed by atoms with Gasteiger partial charge < -0.3 is 14.2 Å². The van der Waals surface area contributed by atoms with Crippen molar-refractivity contribution in [1.29, 1.82) is 0 Å². The van der Waals surface area contributed by atoms with Crippen molar-refractivity contribution in [3.63, 3.8) is 0 Å². The number of benzene rings is 2. The molecule has 25 heavy (non-hydrogen) atoms. The summed E-state index contributed by atoms with van der Waals surface area (Å²) in [5.74, 6) is 1.07.